The second kappa shape index (κ2) is 7.74. The van der Waals surface area contributed by atoms with Crippen LogP contribution in [0.25, 0.3) is 10.2 Å². The van der Waals surface area contributed by atoms with E-state index in [1.165, 1.54) is 17.5 Å². The summed E-state index contributed by atoms with van der Waals surface area (Å²) >= 11 is 1.45. The summed E-state index contributed by atoms with van der Waals surface area (Å²) in [4.78, 5) is 33.4. The second-order valence-electron chi connectivity index (χ2n) is 6.39. The van der Waals surface area contributed by atoms with Crippen molar-refractivity contribution in [3.05, 3.63) is 87.2 Å². The molecule has 0 aliphatic rings. The van der Waals surface area contributed by atoms with Crippen LogP contribution >= 0.6 is 11.3 Å². The molecule has 0 fully saturated rings. The SMILES string of the molecule is Cc1csc2nc(CCc3ccc(NC(=O)c4cccnc4)cc3)oc(=O)c12. The molecule has 4 rings (SSSR count). The largest absolute Gasteiger partial charge is 0.408 e. The van der Waals surface area contributed by atoms with Crippen molar-refractivity contribution < 1.29 is 9.21 Å². The molecule has 140 valence electrons. The monoisotopic (exact) mass is 391 g/mol. The van der Waals surface area contributed by atoms with Gasteiger partial charge in [-0.2, -0.15) is 0 Å². The quantitative estimate of drug-likeness (QED) is 0.556. The number of aromatic nitrogens is 2. The van der Waals surface area contributed by atoms with E-state index in [2.05, 4.69) is 15.3 Å². The van der Waals surface area contributed by atoms with Gasteiger partial charge in [-0.1, -0.05) is 12.1 Å². The van der Waals surface area contributed by atoms with Gasteiger partial charge in [-0.15, -0.1) is 11.3 Å². The fourth-order valence-corrected chi connectivity index (χ4v) is 3.79. The average molecular weight is 391 g/mol. The Morgan fingerprint density at radius 1 is 1.18 bits per heavy atom. The third-order valence-corrected chi connectivity index (χ3v) is 5.35. The maximum absolute atomic E-state index is 12.2. The van der Waals surface area contributed by atoms with Gasteiger partial charge in [-0.3, -0.25) is 9.78 Å². The van der Waals surface area contributed by atoms with Gasteiger partial charge in [0, 0.05) is 24.5 Å². The Kier molecular flexibility index (Phi) is 4.99. The van der Waals surface area contributed by atoms with Gasteiger partial charge in [0.25, 0.3) is 5.91 Å². The van der Waals surface area contributed by atoms with Crippen LogP contribution < -0.4 is 10.9 Å². The highest BCUT2D eigenvalue weighted by molar-refractivity contribution is 7.16. The molecule has 0 aliphatic heterocycles. The predicted octanol–water partition coefficient (Wildman–Crippen LogP) is 3.99. The molecular formula is C21H17N3O3S. The minimum Gasteiger partial charge on any atom is -0.408 e. The topological polar surface area (TPSA) is 85.1 Å². The lowest BCUT2D eigenvalue weighted by Gasteiger charge is -2.06. The molecular weight excluding hydrogens is 374 g/mol. The number of hydrogen-bond donors (Lipinski definition) is 1. The molecule has 0 saturated carbocycles. The lowest BCUT2D eigenvalue weighted by molar-refractivity contribution is 0.102. The number of rotatable bonds is 5. The lowest BCUT2D eigenvalue weighted by Crippen LogP contribution is -2.11. The van der Waals surface area contributed by atoms with Crippen LogP contribution in [0.15, 0.2) is 63.4 Å². The minimum absolute atomic E-state index is 0.202. The summed E-state index contributed by atoms with van der Waals surface area (Å²) in [6.45, 7) is 1.88. The number of benzene rings is 1. The van der Waals surface area contributed by atoms with Gasteiger partial charge in [0.2, 0.25) is 0 Å². The minimum atomic E-state index is -0.327. The number of amides is 1. The number of carbonyl (C=O) groups excluding carboxylic acids is 1. The Morgan fingerprint density at radius 2 is 2.00 bits per heavy atom. The fraction of sp³-hybridized carbons (Fsp3) is 0.143. The number of thiophene rings is 1. The van der Waals surface area contributed by atoms with Gasteiger partial charge in [0.15, 0.2) is 5.89 Å². The first-order valence-corrected chi connectivity index (χ1v) is 9.66. The maximum Gasteiger partial charge on any atom is 0.347 e. The molecule has 0 saturated heterocycles. The summed E-state index contributed by atoms with van der Waals surface area (Å²) in [5.41, 5.74) is 2.85. The smallest absolute Gasteiger partial charge is 0.347 e. The first-order chi connectivity index (χ1) is 13.6. The number of hydrogen-bond acceptors (Lipinski definition) is 6. The molecule has 0 aliphatic carbocycles. The van der Waals surface area contributed by atoms with Crippen LogP contribution in [0.5, 0.6) is 0 Å². The van der Waals surface area contributed by atoms with Gasteiger partial charge in [-0.05, 0) is 54.1 Å². The molecule has 1 N–H and O–H groups in total. The van der Waals surface area contributed by atoms with Gasteiger partial charge in [0.1, 0.15) is 4.83 Å². The van der Waals surface area contributed by atoms with Crippen molar-refractivity contribution >= 4 is 33.1 Å². The number of aryl methyl sites for hydroxylation is 3. The highest BCUT2D eigenvalue weighted by Gasteiger charge is 2.11. The first-order valence-electron chi connectivity index (χ1n) is 8.78. The van der Waals surface area contributed by atoms with Crippen molar-refractivity contribution in [3.63, 3.8) is 0 Å². The Morgan fingerprint density at radius 3 is 2.75 bits per heavy atom. The summed E-state index contributed by atoms with van der Waals surface area (Å²) in [5.74, 6) is 0.236. The fourth-order valence-electron chi connectivity index (χ4n) is 2.87. The van der Waals surface area contributed by atoms with Crippen molar-refractivity contribution in [1.29, 1.82) is 0 Å². The summed E-state index contributed by atoms with van der Waals surface area (Å²) < 4.78 is 5.35. The Balaban J connectivity index is 1.41. The van der Waals surface area contributed by atoms with Crippen LogP contribution in [-0.2, 0) is 12.8 Å². The first kappa shape index (κ1) is 18.1. The summed E-state index contributed by atoms with van der Waals surface area (Å²) in [5, 5.41) is 5.32. The van der Waals surface area contributed by atoms with Crippen LogP contribution in [0.3, 0.4) is 0 Å². The Labute approximate surface area is 164 Å². The molecule has 3 heterocycles. The van der Waals surface area contributed by atoms with Crippen LogP contribution in [-0.4, -0.2) is 15.9 Å². The molecule has 6 nitrogen and oxygen atoms in total. The standard InChI is InChI=1S/C21H17N3O3S/c1-13-12-28-20-18(13)21(26)27-17(24-20)9-6-14-4-7-16(8-5-14)23-19(25)15-3-2-10-22-11-15/h2-5,7-8,10-12H,6,9H2,1H3,(H,23,25). The third-order valence-electron chi connectivity index (χ3n) is 4.36. The molecule has 0 radical (unpaired) electrons. The molecule has 0 atom stereocenters. The number of anilines is 1. The van der Waals surface area contributed by atoms with E-state index in [1.54, 1.807) is 18.3 Å². The summed E-state index contributed by atoms with van der Waals surface area (Å²) in [7, 11) is 0. The van der Waals surface area contributed by atoms with E-state index in [9.17, 15) is 9.59 Å². The zero-order valence-electron chi connectivity index (χ0n) is 15.1. The third kappa shape index (κ3) is 3.84. The normalized spacial score (nSPS) is 10.9. The van der Waals surface area contributed by atoms with E-state index >= 15 is 0 Å². The van der Waals surface area contributed by atoms with Crippen molar-refractivity contribution in [2.45, 2.75) is 19.8 Å². The predicted molar refractivity (Wildman–Crippen MR) is 109 cm³/mol. The van der Waals surface area contributed by atoms with Crippen molar-refractivity contribution in [3.8, 4) is 0 Å². The van der Waals surface area contributed by atoms with Gasteiger partial charge in [0.05, 0.1) is 10.9 Å². The molecule has 4 aromatic rings. The number of pyridine rings is 1. The highest BCUT2D eigenvalue weighted by Crippen LogP contribution is 2.21. The van der Waals surface area contributed by atoms with Crippen LogP contribution in [0.1, 0.15) is 27.4 Å². The zero-order valence-corrected chi connectivity index (χ0v) is 16.0. The molecule has 0 bridgehead atoms. The molecule has 7 heteroatoms. The summed E-state index contributed by atoms with van der Waals surface area (Å²) in [6.07, 6.45) is 4.36. The van der Waals surface area contributed by atoms with E-state index < -0.39 is 0 Å². The molecule has 28 heavy (non-hydrogen) atoms. The van der Waals surface area contributed by atoms with Crippen LogP contribution in [0.2, 0.25) is 0 Å². The number of nitrogens with one attached hydrogen (secondary N) is 1. The Hall–Kier alpha value is -3.32. The van der Waals surface area contributed by atoms with Gasteiger partial charge < -0.3 is 9.73 Å². The van der Waals surface area contributed by atoms with Crippen LogP contribution in [0.4, 0.5) is 5.69 Å². The van der Waals surface area contributed by atoms with Gasteiger partial charge >= 0.3 is 5.63 Å². The molecule has 0 spiro atoms. The van der Waals surface area contributed by atoms with Crippen molar-refractivity contribution in [2.24, 2.45) is 0 Å². The van der Waals surface area contributed by atoms with E-state index in [0.29, 0.717) is 35.4 Å². The molecule has 3 aromatic heterocycles. The maximum atomic E-state index is 12.2. The second-order valence-corrected chi connectivity index (χ2v) is 7.24. The number of nitrogens with zero attached hydrogens (tertiary/aromatic N) is 2. The molecule has 1 aromatic carbocycles. The number of carbonyl (C=O) groups is 1. The van der Waals surface area contributed by atoms with E-state index in [0.717, 1.165) is 16.0 Å². The highest BCUT2D eigenvalue weighted by atomic mass is 32.1. The Bertz CT molecular complexity index is 1180. The van der Waals surface area contributed by atoms with Crippen molar-refractivity contribution in [2.75, 3.05) is 5.32 Å². The summed E-state index contributed by atoms with van der Waals surface area (Å²) in [6, 6.07) is 11.0. The van der Waals surface area contributed by atoms with Crippen molar-refractivity contribution in [1.82, 2.24) is 9.97 Å². The molecule has 1 amide bonds. The van der Waals surface area contributed by atoms with Crippen LogP contribution in [0, 0.1) is 6.92 Å². The zero-order chi connectivity index (χ0) is 19.5. The van der Waals surface area contributed by atoms with E-state index in [1.807, 2.05) is 36.6 Å². The van der Waals surface area contributed by atoms with E-state index in [4.69, 9.17) is 4.42 Å². The number of fused-ring (bicyclic) bond motifs is 1. The average Bonchev–Trinajstić information content (AvgIpc) is 3.09. The molecule has 0 unspecified atom stereocenters. The lowest BCUT2D eigenvalue weighted by atomic mass is 10.1. The van der Waals surface area contributed by atoms with Gasteiger partial charge in [-0.25, -0.2) is 9.78 Å². The van der Waals surface area contributed by atoms with E-state index in [-0.39, 0.29) is 11.5 Å².